The zero-order chi connectivity index (χ0) is 23.2. The lowest BCUT2D eigenvalue weighted by atomic mass is 10.1. The van der Waals surface area contributed by atoms with E-state index >= 15 is 0 Å². The molecule has 0 spiro atoms. The Morgan fingerprint density at radius 3 is 2.27 bits per heavy atom. The van der Waals surface area contributed by atoms with Crippen LogP contribution >= 0.6 is 0 Å². The highest BCUT2D eigenvalue weighted by Gasteiger charge is 2.31. The Labute approximate surface area is 194 Å². The predicted molar refractivity (Wildman–Crippen MR) is 128 cm³/mol. The molecular weight excluding hydrogens is 414 g/mol. The van der Waals surface area contributed by atoms with Gasteiger partial charge in [-0.25, -0.2) is 9.97 Å². The Kier molecular flexibility index (Phi) is 7.16. The Hall–Kier alpha value is -3.50. The highest BCUT2D eigenvalue weighted by molar-refractivity contribution is 5.85. The number of carbonyl (C=O) groups excluding carboxylic acids is 1. The predicted octanol–water partition coefficient (Wildman–Crippen LogP) is 3.76. The topological polar surface area (TPSA) is 82.3 Å². The maximum Gasteiger partial charge on any atom is 0.329 e. The molecule has 1 atom stereocenters. The SMILES string of the molecule is CC(C)COC(=O)[C@@H](C#N)c1nc2ccccc2nc1N1CCN(Cc2ccccc2)CC1. The average Bonchev–Trinajstić information content (AvgIpc) is 2.84. The molecule has 3 aromatic rings. The second-order valence-electron chi connectivity index (χ2n) is 8.76. The molecule has 0 saturated carbocycles. The van der Waals surface area contributed by atoms with Gasteiger partial charge in [-0.15, -0.1) is 0 Å². The van der Waals surface area contributed by atoms with E-state index in [9.17, 15) is 10.1 Å². The zero-order valence-electron chi connectivity index (χ0n) is 19.1. The first-order valence-corrected chi connectivity index (χ1v) is 11.4. The van der Waals surface area contributed by atoms with Gasteiger partial charge in [-0.3, -0.25) is 9.69 Å². The largest absolute Gasteiger partial charge is 0.464 e. The number of fused-ring (bicyclic) bond motifs is 1. The van der Waals surface area contributed by atoms with Gasteiger partial charge >= 0.3 is 5.97 Å². The van der Waals surface area contributed by atoms with Crippen LogP contribution in [0, 0.1) is 17.2 Å². The molecule has 1 aliphatic rings. The number of para-hydroxylation sites is 2. The Morgan fingerprint density at radius 2 is 1.64 bits per heavy atom. The van der Waals surface area contributed by atoms with Gasteiger partial charge < -0.3 is 9.64 Å². The first-order chi connectivity index (χ1) is 16.0. The molecule has 170 valence electrons. The van der Waals surface area contributed by atoms with E-state index in [0.717, 1.165) is 38.2 Å². The molecule has 0 bridgehead atoms. The minimum atomic E-state index is -1.11. The van der Waals surface area contributed by atoms with Gasteiger partial charge in [0.2, 0.25) is 0 Å². The number of benzene rings is 2. The molecule has 7 heteroatoms. The van der Waals surface area contributed by atoms with Crippen molar-refractivity contribution < 1.29 is 9.53 Å². The molecule has 0 N–H and O–H groups in total. The third-order valence-corrected chi connectivity index (χ3v) is 5.70. The number of carbonyl (C=O) groups is 1. The number of aromatic nitrogens is 2. The van der Waals surface area contributed by atoms with E-state index in [-0.39, 0.29) is 12.5 Å². The van der Waals surface area contributed by atoms with E-state index in [1.54, 1.807) is 0 Å². The minimum Gasteiger partial charge on any atom is -0.464 e. The van der Waals surface area contributed by atoms with Crippen LogP contribution in [0.5, 0.6) is 0 Å². The molecule has 2 aromatic carbocycles. The van der Waals surface area contributed by atoms with Crippen LogP contribution in [0.3, 0.4) is 0 Å². The van der Waals surface area contributed by atoms with Gasteiger partial charge in [0.05, 0.1) is 23.7 Å². The summed E-state index contributed by atoms with van der Waals surface area (Å²) in [6.45, 7) is 8.29. The maximum atomic E-state index is 12.8. The molecule has 2 heterocycles. The highest BCUT2D eigenvalue weighted by Crippen LogP contribution is 2.29. The van der Waals surface area contributed by atoms with Gasteiger partial charge in [-0.1, -0.05) is 56.3 Å². The number of anilines is 1. The van der Waals surface area contributed by atoms with E-state index in [1.165, 1.54) is 5.56 Å². The molecule has 33 heavy (non-hydrogen) atoms. The molecule has 0 unspecified atom stereocenters. The van der Waals surface area contributed by atoms with Crippen molar-refractivity contribution in [3.8, 4) is 6.07 Å². The van der Waals surface area contributed by atoms with Crippen LogP contribution in [0.25, 0.3) is 11.0 Å². The molecule has 1 aromatic heterocycles. The summed E-state index contributed by atoms with van der Waals surface area (Å²) in [4.78, 5) is 26.9. The highest BCUT2D eigenvalue weighted by atomic mass is 16.5. The summed E-state index contributed by atoms with van der Waals surface area (Å²) in [5.41, 5.74) is 3.07. The minimum absolute atomic E-state index is 0.188. The Morgan fingerprint density at radius 1 is 1.00 bits per heavy atom. The van der Waals surface area contributed by atoms with Crippen molar-refractivity contribution in [1.29, 1.82) is 5.26 Å². The number of hydrogen-bond donors (Lipinski definition) is 0. The van der Waals surface area contributed by atoms with Gasteiger partial charge in [0.1, 0.15) is 5.69 Å². The second kappa shape index (κ2) is 10.4. The third kappa shape index (κ3) is 5.47. The Bertz CT molecular complexity index is 1130. The van der Waals surface area contributed by atoms with Crippen molar-refractivity contribution in [2.45, 2.75) is 26.3 Å². The lowest BCUT2D eigenvalue weighted by Gasteiger charge is -2.36. The molecule has 0 amide bonds. The first kappa shape index (κ1) is 22.7. The number of ether oxygens (including phenoxy) is 1. The summed E-state index contributed by atoms with van der Waals surface area (Å²) in [6, 6.07) is 20.1. The lowest BCUT2D eigenvalue weighted by molar-refractivity contribution is -0.145. The molecule has 0 radical (unpaired) electrons. The Balaban J connectivity index is 1.58. The summed E-state index contributed by atoms with van der Waals surface area (Å²) >= 11 is 0. The third-order valence-electron chi connectivity index (χ3n) is 5.70. The number of nitriles is 1. The fourth-order valence-corrected chi connectivity index (χ4v) is 3.95. The van der Waals surface area contributed by atoms with E-state index in [0.29, 0.717) is 17.0 Å². The summed E-state index contributed by atoms with van der Waals surface area (Å²) in [5, 5.41) is 9.87. The average molecular weight is 444 g/mol. The normalized spacial score (nSPS) is 15.4. The van der Waals surface area contributed by atoms with Crippen LogP contribution in [0.4, 0.5) is 5.82 Å². The summed E-state index contributed by atoms with van der Waals surface area (Å²) in [5.74, 6) is -0.896. The summed E-state index contributed by atoms with van der Waals surface area (Å²) < 4.78 is 5.39. The zero-order valence-corrected chi connectivity index (χ0v) is 19.1. The summed E-state index contributed by atoms with van der Waals surface area (Å²) in [6.07, 6.45) is 0. The van der Waals surface area contributed by atoms with Crippen LogP contribution in [0.15, 0.2) is 54.6 Å². The molecular formula is C26H29N5O2. The van der Waals surface area contributed by atoms with E-state index < -0.39 is 11.9 Å². The van der Waals surface area contributed by atoms with Gasteiger partial charge in [0.25, 0.3) is 0 Å². The standard InChI is InChI=1S/C26H29N5O2/c1-19(2)18-33-26(32)21(16-27)24-25(29-23-11-7-6-10-22(23)28-24)31-14-12-30(13-15-31)17-20-8-4-3-5-9-20/h3-11,19,21H,12-15,17-18H2,1-2H3/t21-/m0/s1. The molecule has 1 fully saturated rings. The molecule has 1 saturated heterocycles. The molecule has 7 nitrogen and oxygen atoms in total. The van der Waals surface area contributed by atoms with Gasteiger partial charge in [0, 0.05) is 32.7 Å². The van der Waals surface area contributed by atoms with Crippen molar-refractivity contribution >= 4 is 22.8 Å². The van der Waals surface area contributed by atoms with E-state index in [1.807, 2.05) is 44.2 Å². The quantitative estimate of drug-likeness (QED) is 0.514. The van der Waals surface area contributed by atoms with Crippen LogP contribution in [-0.4, -0.2) is 53.6 Å². The van der Waals surface area contributed by atoms with Crippen molar-refractivity contribution in [3.05, 3.63) is 65.9 Å². The molecule has 1 aliphatic heterocycles. The fourth-order valence-electron chi connectivity index (χ4n) is 3.95. The van der Waals surface area contributed by atoms with Crippen LogP contribution < -0.4 is 4.90 Å². The van der Waals surface area contributed by atoms with Crippen molar-refractivity contribution in [2.24, 2.45) is 5.92 Å². The first-order valence-electron chi connectivity index (χ1n) is 11.4. The smallest absolute Gasteiger partial charge is 0.329 e. The lowest BCUT2D eigenvalue weighted by Crippen LogP contribution is -2.46. The van der Waals surface area contributed by atoms with Gasteiger partial charge in [0.15, 0.2) is 11.7 Å². The van der Waals surface area contributed by atoms with Gasteiger partial charge in [-0.2, -0.15) is 5.26 Å². The van der Waals surface area contributed by atoms with Crippen LogP contribution in [0.2, 0.25) is 0 Å². The maximum absolute atomic E-state index is 12.8. The molecule has 0 aliphatic carbocycles. The number of esters is 1. The molecule has 4 rings (SSSR count). The van der Waals surface area contributed by atoms with Crippen molar-refractivity contribution in [1.82, 2.24) is 14.9 Å². The summed E-state index contributed by atoms with van der Waals surface area (Å²) in [7, 11) is 0. The number of hydrogen-bond acceptors (Lipinski definition) is 7. The monoisotopic (exact) mass is 443 g/mol. The number of rotatable bonds is 7. The van der Waals surface area contributed by atoms with E-state index in [2.05, 4.69) is 40.1 Å². The van der Waals surface area contributed by atoms with E-state index in [4.69, 9.17) is 14.7 Å². The van der Waals surface area contributed by atoms with Crippen molar-refractivity contribution in [3.63, 3.8) is 0 Å². The number of nitrogens with zero attached hydrogens (tertiary/aromatic N) is 5. The van der Waals surface area contributed by atoms with Crippen LogP contribution in [0.1, 0.15) is 31.0 Å². The fraction of sp³-hybridized carbons (Fsp3) is 0.385. The van der Waals surface area contributed by atoms with Crippen molar-refractivity contribution in [2.75, 3.05) is 37.7 Å². The number of piperazine rings is 1. The van der Waals surface area contributed by atoms with Crippen LogP contribution in [-0.2, 0) is 16.1 Å². The van der Waals surface area contributed by atoms with Gasteiger partial charge in [-0.05, 0) is 23.6 Å². The second-order valence-corrected chi connectivity index (χ2v) is 8.76.